The van der Waals surface area contributed by atoms with Crippen LogP contribution in [0.3, 0.4) is 0 Å². The van der Waals surface area contributed by atoms with E-state index in [2.05, 4.69) is 144 Å². The van der Waals surface area contributed by atoms with Gasteiger partial charge in [0.15, 0.2) is 11.5 Å². The molecule has 0 amide bonds. The second kappa shape index (κ2) is 11.9. The van der Waals surface area contributed by atoms with Crippen molar-refractivity contribution < 1.29 is 18.3 Å². The molecule has 7 heteroatoms. The molecule has 3 aliphatic rings. The van der Waals surface area contributed by atoms with Crippen LogP contribution >= 0.6 is 0 Å². The molecule has 0 saturated heterocycles. The molecule has 2 aromatic heterocycles. The summed E-state index contributed by atoms with van der Waals surface area (Å²) in [4.78, 5) is 4.81. The van der Waals surface area contributed by atoms with Crippen molar-refractivity contribution in [2.24, 2.45) is 0 Å². The molecule has 56 heavy (non-hydrogen) atoms. The number of furan rings is 2. The number of anilines is 6. The van der Waals surface area contributed by atoms with Crippen molar-refractivity contribution in [1.29, 1.82) is 0 Å². The number of para-hydroxylation sites is 3. The van der Waals surface area contributed by atoms with Crippen molar-refractivity contribution in [1.82, 2.24) is 0 Å². The highest BCUT2D eigenvalue weighted by Crippen LogP contribution is 2.50. The number of hydrogen-bond acceptors (Lipinski definition) is 6. The van der Waals surface area contributed by atoms with E-state index in [4.69, 9.17) is 18.3 Å². The largest absolute Gasteiger partial charge is 0.486 e. The Morgan fingerprint density at radius 3 is 1.89 bits per heavy atom. The molecule has 0 unspecified atom stereocenters. The minimum Gasteiger partial charge on any atom is -0.486 e. The minimum absolute atomic E-state index is 0.0825. The number of ether oxygens (including phenoxy) is 2. The van der Waals surface area contributed by atoms with Crippen LogP contribution in [0.5, 0.6) is 11.5 Å². The van der Waals surface area contributed by atoms with Crippen molar-refractivity contribution in [3.63, 3.8) is 0 Å². The summed E-state index contributed by atoms with van der Waals surface area (Å²) < 4.78 is 25.6. The van der Waals surface area contributed by atoms with Gasteiger partial charge in [-0.15, -0.1) is 0 Å². The molecule has 266 valence electrons. The predicted molar refractivity (Wildman–Crippen MR) is 227 cm³/mol. The summed E-state index contributed by atoms with van der Waals surface area (Å²) in [5, 5.41) is 2.16. The van der Waals surface area contributed by atoms with E-state index < -0.39 is 0 Å². The van der Waals surface area contributed by atoms with Gasteiger partial charge in [-0.05, 0) is 102 Å². The molecule has 0 saturated carbocycles. The van der Waals surface area contributed by atoms with Crippen LogP contribution < -0.4 is 35.7 Å². The van der Waals surface area contributed by atoms with E-state index in [0.717, 1.165) is 95.8 Å². The first kappa shape index (κ1) is 31.3. The lowest BCUT2D eigenvalue weighted by Crippen LogP contribution is -2.61. The van der Waals surface area contributed by atoms with Gasteiger partial charge < -0.3 is 28.1 Å². The number of benzene rings is 7. The molecule has 3 aliphatic heterocycles. The third-order valence-corrected chi connectivity index (χ3v) is 11.4. The van der Waals surface area contributed by atoms with E-state index in [0.29, 0.717) is 13.2 Å². The van der Waals surface area contributed by atoms with Gasteiger partial charge in [0, 0.05) is 50.3 Å². The van der Waals surface area contributed by atoms with Crippen molar-refractivity contribution >= 4 is 79.2 Å². The second-order valence-electron chi connectivity index (χ2n) is 14.8. The highest BCUT2D eigenvalue weighted by atomic mass is 16.6. The van der Waals surface area contributed by atoms with E-state index >= 15 is 0 Å². The zero-order chi connectivity index (χ0) is 36.9. The summed E-state index contributed by atoms with van der Waals surface area (Å²) in [7, 11) is 0. The van der Waals surface area contributed by atoms with Gasteiger partial charge in [-0.3, -0.25) is 0 Å². The van der Waals surface area contributed by atoms with Crippen molar-refractivity contribution in [2.75, 3.05) is 23.0 Å². The zero-order valence-corrected chi connectivity index (χ0v) is 30.5. The molecule has 9 aromatic rings. The Hall–Kier alpha value is -7.12. The second-order valence-corrected chi connectivity index (χ2v) is 14.8. The molecule has 0 spiro atoms. The molecule has 5 heterocycles. The van der Waals surface area contributed by atoms with Crippen LogP contribution in [0.2, 0.25) is 0 Å². The fraction of sp³-hybridized carbons (Fsp3) is 0.0612. The van der Waals surface area contributed by atoms with Crippen molar-refractivity contribution in [3.8, 4) is 34.1 Å². The lowest BCUT2D eigenvalue weighted by atomic mass is 9.33. The number of nitrogens with zero attached hydrogens (tertiary/aromatic N) is 2. The summed E-state index contributed by atoms with van der Waals surface area (Å²) in [6.07, 6.45) is 0. The quantitative estimate of drug-likeness (QED) is 0.169. The molecule has 0 bridgehead atoms. The Morgan fingerprint density at radius 2 is 1.14 bits per heavy atom. The molecule has 0 aliphatic carbocycles. The third-order valence-electron chi connectivity index (χ3n) is 11.4. The van der Waals surface area contributed by atoms with Crippen LogP contribution in [0.25, 0.3) is 44.6 Å². The predicted octanol–water partition coefficient (Wildman–Crippen LogP) is 10.7. The lowest BCUT2D eigenvalue weighted by Gasteiger charge is -2.45. The summed E-state index contributed by atoms with van der Waals surface area (Å²) in [5.41, 5.74) is 15.0. The average Bonchev–Trinajstić information content (AvgIpc) is 3.89. The fourth-order valence-electron chi connectivity index (χ4n) is 9.04. The number of aryl methyl sites for hydroxylation is 1. The first-order valence-corrected chi connectivity index (χ1v) is 19.1. The van der Waals surface area contributed by atoms with Crippen LogP contribution in [0.4, 0.5) is 34.1 Å². The summed E-state index contributed by atoms with van der Waals surface area (Å²) in [6.45, 7) is 3.13. The molecule has 7 aromatic carbocycles. The highest BCUT2D eigenvalue weighted by molar-refractivity contribution is 7.00. The first-order chi connectivity index (χ1) is 27.7. The van der Waals surface area contributed by atoms with E-state index in [1.165, 1.54) is 16.4 Å². The Labute approximate surface area is 323 Å². The molecular formula is C49H33BN2O4. The van der Waals surface area contributed by atoms with Crippen LogP contribution in [0.15, 0.2) is 167 Å². The fourth-order valence-corrected chi connectivity index (χ4v) is 9.04. The number of rotatable bonds is 4. The topological polar surface area (TPSA) is 51.2 Å². The van der Waals surface area contributed by atoms with Crippen LogP contribution in [-0.2, 0) is 0 Å². The molecule has 6 nitrogen and oxygen atoms in total. The van der Waals surface area contributed by atoms with Gasteiger partial charge in [0.05, 0.1) is 5.69 Å². The molecule has 12 rings (SSSR count). The van der Waals surface area contributed by atoms with Crippen LogP contribution in [0, 0.1) is 6.92 Å². The first-order valence-electron chi connectivity index (χ1n) is 19.1. The maximum absolute atomic E-state index is 6.52. The van der Waals surface area contributed by atoms with Gasteiger partial charge in [0.1, 0.15) is 35.9 Å². The van der Waals surface area contributed by atoms with E-state index in [1.54, 1.807) is 0 Å². The van der Waals surface area contributed by atoms with Gasteiger partial charge in [0.25, 0.3) is 6.71 Å². The van der Waals surface area contributed by atoms with E-state index in [9.17, 15) is 0 Å². The van der Waals surface area contributed by atoms with Crippen molar-refractivity contribution in [2.45, 2.75) is 6.92 Å². The Balaban J connectivity index is 1.14. The lowest BCUT2D eigenvalue weighted by molar-refractivity contribution is 0.172. The summed E-state index contributed by atoms with van der Waals surface area (Å²) in [5.74, 6) is 3.22. The van der Waals surface area contributed by atoms with Gasteiger partial charge >= 0.3 is 0 Å². The highest BCUT2D eigenvalue weighted by Gasteiger charge is 2.45. The maximum Gasteiger partial charge on any atom is 0.252 e. The monoisotopic (exact) mass is 724 g/mol. The summed E-state index contributed by atoms with van der Waals surface area (Å²) in [6, 6.07) is 55.7. The van der Waals surface area contributed by atoms with Crippen LogP contribution in [-0.4, -0.2) is 19.9 Å². The number of fused-ring (bicyclic) bond motifs is 8. The Kier molecular flexibility index (Phi) is 6.67. The normalized spacial score (nSPS) is 13.8. The SMILES string of the molecule is Cc1cc2c3c(c1)N(c1ccccc1)c1c(ccc4c1OCCO4)B3c1ccc(-c3cc4ccccc4o3)cc1N2c1cccc(-c2cc3ccccc3o2)c1. The molecular weight excluding hydrogens is 691 g/mol. The van der Waals surface area contributed by atoms with Gasteiger partial charge in [-0.25, -0.2) is 0 Å². The molecule has 0 atom stereocenters. The maximum atomic E-state index is 6.52. The molecule has 0 N–H and O–H groups in total. The molecule has 0 radical (unpaired) electrons. The van der Waals surface area contributed by atoms with Gasteiger partial charge in [-0.2, -0.15) is 0 Å². The molecule has 0 fully saturated rings. The van der Waals surface area contributed by atoms with Gasteiger partial charge in [-0.1, -0.05) is 84.9 Å². The number of hydrogen-bond donors (Lipinski definition) is 0. The Bertz CT molecular complexity index is 2970. The summed E-state index contributed by atoms with van der Waals surface area (Å²) >= 11 is 0. The standard InChI is InChI=1S/C49H33BN2O4/c1-30-24-40-47-41(25-30)52(35-13-3-2-4-14-35)48-38(20-21-44-49(48)54-23-22-53-44)50(47)37-19-18-34(46-29-33-11-6-8-17-43(33)56-46)27-39(37)51(40)36-15-9-12-31(26-36)45-28-32-10-5-7-16-42(32)55-45/h2-21,24-29H,22-23H2,1H3. The average molecular weight is 725 g/mol. The van der Waals surface area contributed by atoms with Crippen molar-refractivity contribution in [3.05, 3.63) is 163 Å². The zero-order valence-electron chi connectivity index (χ0n) is 30.5. The minimum atomic E-state index is -0.0825. The van der Waals surface area contributed by atoms with E-state index in [1.807, 2.05) is 30.3 Å². The van der Waals surface area contributed by atoms with E-state index in [-0.39, 0.29) is 6.71 Å². The van der Waals surface area contributed by atoms with Gasteiger partial charge in [0.2, 0.25) is 0 Å². The Morgan fingerprint density at radius 1 is 0.500 bits per heavy atom. The third kappa shape index (κ3) is 4.64. The smallest absolute Gasteiger partial charge is 0.252 e. The van der Waals surface area contributed by atoms with Crippen LogP contribution in [0.1, 0.15) is 5.56 Å².